The van der Waals surface area contributed by atoms with Gasteiger partial charge in [0.1, 0.15) is 6.54 Å². The molecule has 0 spiro atoms. The molecule has 0 unspecified atom stereocenters. The lowest BCUT2D eigenvalue weighted by atomic mass is 10.1. The number of carbonyl (C=O) groups is 1. The van der Waals surface area contributed by atoms with E-state index in [1.54, 1.807) is 22.0 Å². The molecule has 166 valence electrons. The van der Waals surface area contributed by atoms with Gasteiger partial charge < -0.3 is 14.5 Å². The highest BCUT2D eigenvalue weighted by Gasteiger charge is 2.22. The Balaban J connectivity index is 1.66. The van der Waals surface area contributed by atoms with E-state index < -0.39 is 0 Å². The summed E-state index contributed by atoms with van der Waals surface area (Å²) in [6.07, 6.45) is 3.56. The molecule has 10 nitrogen and oxygen atoms in total. The molecule has 1 aliphatic heterocycles. The number of aromatic amines is 1. The third-order valence-corrected chi connectivity index (χ3v) is 5.92. The van der Waals surface area contributed by atoms with Crippen LogP contribution < -0.4 is 4.90 Å². The predicted molar refractivity (Wildman–Crippen MR) is 121 cm³/mol. The molecule has 0 bridgehead atoms. The third-order valence-electron chi connectivity index (χ3n) is 5.92. The van der Waals surface area contributed by atoms with Crippen molar-refractivity contribution in [1.82, 2.24) is 34.8 Å². The minimum atomic E-state index is 0.0185. The van der Waals surface area contributed by atoms with E-state index in [2.05, 4.69) is 20.2 Å². The summed E-state index contributed by atoms with van der Waals surface area (Å²) < 4.78 is 7.19. The van der Waals surface area contributed by atoms with Crippen LogP contribution in [0.2, 0.25) is 0 Å². The molecular formula is C22H26N8O2. The monoisotopic (exact) mass is 434 g/mol. The maximum absolute atomic E-state index is 12.8. The fourth-order valence-corrected chi connectivity index (χ4v) is 4.15. The Hall–Kier alpha value is -3.53. The normalized spacial score (nSPS) is 14.4. The van der Waals surface area contributed by atoms with Gasteiger partial charge >= 0.3 is 0 Å². The maximum Gasteiger partial charge on any atom is 0.244 e. The van der Waals surface area contributed by atoms with E-state index in [0.29, 0.717) is 51.0 Å². The van der Waals surface area contributed by atoms with Gasteiger partial charge in [-0.05, 0) is 19.9 Å². The molecule has 3 aromatic heterocycles. The highest BCUT2D eigenvalue weighted by Crippen LogP contribution is 2.33. The number of morpholine rings is 1. The Kier molecular flexibility index (Phi) is 5.44. The number of benzene rings is 1. The Morgan fingerprint density at radius 2 is 1.94 bits per heavy atom. The minimum absolute atomic E-state index is 0.0185. The lowest BCUT2D eigenvalue weighted by Gasteiger charge is -2.27. The zero-order valence-electron chi connectivity index (χ0n) is 18.3. The summed E-state index contributed by atoms with van der Waals surface area (Å²) in [6.45, 7) is 8.12. The van der Waals surface area contributed by atoms with E-state index in [0.717, 1.165) is 27.5 Å². The van der Waals surface area contributed by atoms with Crippen molar-refractivity contribution in [2.45, 2.75) is 20.4 Å². The summed E-state index contributed by atoms with van der Waals surface area (Å²) in [5.74, 6) is 0.637. The number of carbonyl (C=O) groups excluding carboxylic acids is 1. The lowest BCUT2D eigenvalue weighted by Crippen LogP contribution is -2.37. The van der Waals surface area contributed by atoms with Crippen LogP contribution in [0, 0.1) is 0 Å². The zero-order valence-corrected chi connectivity index (χ0v) is 18.3. The quantitative estimate of drug-likeness (QED) is 0.495. The van der Waals surface area contributed by atoms with Crippen molar-refractivity contribution in [3.8, 4) is 11.3 Å². The molecule has 1 aliphatic rings. The van der Waals surface area contributed by atoms with Gasteiger partial charge in [0, 0.05) is 37.1 Å². The van der Waals surface area contributed by atoms with E-state index in [4.69, 9.17) is 14.7 Å². The van der Waals surface area contributed by atoms with Gasteiger partial charge in [-0.1, -0.05) is 12.1 Å². The van der Waals surface area contributed by atoms with Gasteiger partial charge in [0.25, 0.3) is 0 Å². The fraction of sp³-hybridized carbons (Fsp3) is 0.409. The van der Waals surface area contributed by atoms with Gasteiger partial charge in [-0.25, -0.2) is 9.67 Å². The molecule has 1 aromatic carbocycles. The highest BCUT2D eigenvalue weighted by molar-refractivity contribution is 6.01. The molecule has 32 heavy (non-hydrogen) atoms. The molecule has 4 heterocycles. The molecule has 1 fully saturated rings. The number of H-pyrrole nitrogens is 1. The average molecular weight is 435 g/mol. The molecule has 1 amide bonds. The van der Waals surface area contributed by atoms with Gasteiger partial charge in [0.05, 0.1) is 42.2 Å². The zero-order chi connectivity index (χ0) is 22.1. The summed E-state index contributed by atoms with van der Waals surface area (Å²) in [5.41, 5.74) is 3.32. The second kappa shape index (κ2) is 8.54. The Morgan fingerprint density at radius 3 is 2.72 bits per heavy atom. The van der Waals surface area contributed by atoms with Crippen molar-refractivity contribution in [1.29, 1.82) is 0 Å². The van der Waals surface area contributed by atoms with E-state index in [9.17, 15) is 4.79 Å². The van der Waals surface area contributed by atoms with Gasteiger partial charge in [-0.15, -0.1) is 0 Å². The lowest BCUT2D eigenvalue weighted by molar-refractivity contribution is -0.131. The third kappa shape index (κ3) is 3.56. The molecule has 0 aliphatic carbocycles. The fourth-order valence-electron chi connectivity index (χ4n) is 4.15. The molecule has 0 atom stereocenters. The molecule has 1 saturated heterocycles. The van der Waals surface area contributed by atoms with Crippen molar-refractivity contribution in [2.24, 2.45) is 0 Å². The van der Waals surface area contributed by atoms with Crippen molar-refractivity contribution < 1.29 is 9.53 Å². The number of hydrogen-bond acceptors (Lipinski definition) is 7. The largest absolute Gasteiger partial charge is 0.378 e. The van der Waals surface area contributed by atoms with Crippen LogP contribution in [0.3, 0.4) is 0 Å². The molecule has 0 radical (unpaired) electrons. The Morgan fingerprint density at radius 1 is 1.12 bits per heavy atom. The number of aromatic nitrogens is 6. The van der Waals surface area contributed by atoms with Crippen LogP contribution in [0.4, 0.5) is 5.95 Å². The first-order valence-corrected chi connectivity index (χ1v) is 11.0. The standard InChI is InChI=1S/C22H26N8O2/c1-3-28(4-2)19(31)14-30-21-17(13-24-30)20(15-6-5-7-18-16(15)12-23-27-18)25-22(26-21)29-8-10-32-11-9-29/h5-7,12-13H,3-4,8-11,14H2,1-2H3,(H,23,27). The second-order valence-corrected chi connectivity index (χ2v) is 7.71. The number of anilines is 1. The molecule has 1 N–H and O–H groups in total. The van der Waals surface area contributed by atoms with Crippen LogP contribution in [0.15, 0.2) is 30.6 Å². The summed E-state index contributed by atoms with van der Waals surface area (Å²) in [5, 5.41) is 13.5. The van der Waals surface area contributed by atoms with E-state index in [-0.39, 0.29) is 12.5 Å². The van der Waals surface area contributed by atoms with Gasteiger partial charge in [-0.2, -0.15) is 15.2 Å². The number of likely N-dealkylation sites (N-methyl/N-ethyl adjacent to an activating group) is 1. The molecule has 0 saturated carbocycles. The van der Waals surface area contributed by atoms with Crippen LogP contribution in [0.25, 0.3) is 33.2 Å². The number of nitrogens with zero attached hydrogens (tertiary/aromatic N) is 7. The number of ether oxygens (including phenoxy) is 1. The van der Waals surface area contributed by atoms with E-state index in [1.165, 1.54) is 0 Å². The van der Waals surface area contributed by atoms with Crippen LogP contribution in [0.5, 0.6) is 0 Å². The summed E-state index contributed by atoms with van der Waals surface area (Å²) in [6, 6.07) is 5.99. The number of nitrogens with one attached hydrogen (secondary N) is 1. The number of rotatable bonds is 6. The van der Waals surface area contributed by atoms with Crippen molar-refractivity contribution in [2.75, 3.05) is 44.3 Å². The summed E-state index contributed by atoms with van der Waals surface area (Å²) >= 11 is 0. The summed E-state index contributed by atoms with van der Waals surface area (Å²) in [4.78, 5) is 26.5. The topological polar surface area (TPSA) is 105 Å². The maximum atomic E-state index is 12.8. The number of fused-ring (bicyclic) bond motifs is 2. The first-order chi connectivity index (χ1) is 15.7. The van der Waals surface area contributed by atoms with E-state index >= 15 is 0 Å². The summed E-state index contributed by atoms with van der Waals surface area (Å²) in [7, 11) is 0. The predicted octanol–water partition coefficient (Wildman–Crippen LogP) is 2.07. The van der Waals surface area contributed by atoms with Crippen LogP contribution in [-0.2, 0) is 16.1 Å². The minimum Gasteiger partial charge on any atom is -0.378 e. The smallest absolute Gasteiger partial charge is 0.244 e. The van der Waals surface area contributed by atoms with Gasteiger partial charge in [0.15, 0.2) is 5.65 Å². The van der Waals surface area contributed by atoms with Crippen molar-refractivity contribution in [3.05, 3.63) is 30.6 Å². The Bertz CT molecular complexity index is 1250. The highest BCUT2D eigenvalue weighted by atomic mass is 16.5. The SMILES string of the molecule is CCN(CC)C(=O)Cn1ncc2c(-c3cccc4[nH]ncc34)nc(N3CCOCC3)nc21. The molecule has 4 aromatic rings. The molecule has 10 heteroatoms. The first kappa shape index (κ1) is 20.4. The van der Waals surface area contributed by atoms with Crippen LogP contribution in [-0.4, -0.2) is 80.1 Å². The van der Waals surface area contributed by atoms with E-state index in [1.807, 2.05) is 32.0 Å². The number of hydrogen-bond donors (Lipinski definition) is 1. The Labute approximate surface area is 185 Å². The van der Waals surface area contributed by atoms with Crippen LogP contribution >= 0.6 is 0 Å². The number of amides is 1. The van der Waals surface area contributed by atoms with Crippen LogP contribution in [0.1, 0.15) is 13.8 Å². The second-order valence-electron chi connectivity index (χ2n) is 7.71. The van der Waals surface area contributed by atoms with Gasteiger partial charge in [-0.3, -0.25) is 9.89 Å². The van der Waals surface area contributed by atoms with Crippen molar-refractivity contribution >= 4 is 33.8 Å². The average Bonchev–Trinajstić information content (AvgIpc) is 3.47. The first-order valence-electron chi connectivity index (χ1n) is 11.0. The van der Waals surface area contributed by atoms with Crippen molar-refractivity contribution in [3.63, 3.8) is 0 Å². The molecular weight excluding hydrogens is 408 g/mol. The molecule has 5 rings (SSSR count). The van der Waals surface area contributed by atoms with Gasteiger partial charge in [0.2, 0.25) is 11.9 Å².